The van der Waals surface area contributed by atoms with Crippen molar-refractivity contribution in [1.82, 2.24) is 14.5 Å². The summed E-state index contributed by atoms with van der Waals surface area (Å²) in [7, 11) is -3.03. The third-order valence-corrected chi connectivity index (χ3v) is 5.90. The van der Waals surface area contributed by atoms with Crippen LogP contribution in [0.1, 0.15) is 26.2 Å². The average Bonchev–Trinajstić information content (AvgIpc) is 3.19. The molecular weight excluding hydrogens is 262 g/mol. The summed E-state index contributed by atoms with van der Waals surface area (Å²) in [6.45, 7) is 8.07. The summed E-state index contributed by atoms with van der Waals surface area (Å²) in [4.78, 5) is 2.42. The Bertz CT molecular complexity index is 360. The molecule has 1 saturated heterocycles. The van der Waals surface area contributed by atoms with Gasteiger partial charge >= 0.3 is 0 Å². The Morgan fingerprint density at radius 2 is 1.84 bits per heavy atom. The number of hydrogen-bond donors (Lipinski definition) is 1. The maximum absolute atomic E-state index is 12.2. The molecule has 1 aliphatic heterocycles. The molecule has 0 aromatic rings. The molecule has 1 saturated carbocycles. The molecular formula is C13H27N3O2S. The lowest BCUT2D eigenvalue weighted by Gasteiger charge is -2.34. The summed E-state index contributed by atoms with van der Waals surface area (Å²) < 4.78 is 26.0. The number of nitrogens with zero attached hydrogens (tertiary/aromatic N) is 2. The second kappa shape index (κ2) is 7.02. The highest BCUT2D eigenvalue weighted by atomic mass is 32.2. The molecule has 2 fully saturated rings. The predicted molar refractivity (Wildman–Crippen MR) is 77.7 cm³/mol. The van der Waals surface area contributed by atoms with Gasteiger partial charge in [-0.3, -0.25) is 0 Å². The number of hydrogen-bond acceptors (Lipinski definition) is 4. The van der Waals surface area contributed by atoms with Crippen molar-refractivity contribution in [1.29, 1.82) is 0 Å². The Labute approximate surface area is 117 Å². The van der Waals surface area contributed by atoms with Crippen LogP contribution in [-0.4, -0.2) is 69.2 Å². The van der Waals surface area contributed by atoms with Crippen molar-refractivity contribution >= 4 is 10.0 Å². The van der Waals surface area contributed by atoms with E-state index in [4.69, 9.17) is 0 Å². The van der Waals surface area contributed by atoms with Crippen molar-refractivity contribution in [2.45, 2.75) is 26.2 Å². The molecule has 1 N–H and O–H groups in total. The third kappa shape index (κ3) is 5.02. The first-order valence-corrected chi connectivity index (χ1v) is 9.13. The van der Waals surface area contributed by atoms with E-state index in [9.17, 15) is 8.42 Å². The van der Waals surface area contributed by atoms with Gasteiger partial charge in [0.25, 0.3) is 0 Å². The van der Waals surface area contributed by atoms with Crippen LogP contribution in [0.3, 0.4) is 0 Å². The minimum Gasteiger partial charge on any atom is -0.317 e. The van der Waals surface area contributed by atoms with Gasteiger partial charge in [0.05, 0.1) is 5.75 Å². The molecule has 1 heterocycles. The van der Waals surface area contributed by atoms with Gasteiger partial charge in [-0.05, 0) is 38.3 Å². The Kier molecular flexibility index (Phi) is 5.62. The van der Waals surface area contributed by atoms with E-state index >= 15 is 0 Å². The van der Waals surface area contributed by atoms with Gasteiger partial charge in [-0.25, -0.2) is 8.42 Å². The Balaban J connectivity index is 1.69. The summed E-state index contributed by atoms with van der Waals surface area (Å²) in [6.07, 6.45) is 3.43. The summed E-state index contributed by atoms with van der Waals surface area (Å²) in [5.41, 5.74) is 0. The monoisotopic (exact) mass is 289 g/mol. The van der Waals surface area contributed by atoms with E-state index in [1.165, 1.54) is 19.4 Å². The molecule has 0 atom stereocenters. The summed E-state index contributed by atoms with van der Waals surface area (Å²) >= 11 is 0. The maximum atomic E-state index is 12.2. The highest BCUT2D eigenvalue weighted by Crippen LogP contribution is 2.30. The van der Waals surface area contributed by atoms with E-state index in [1.54, 1.807) is 4.31 Å². The first-order valence-electron chi connectivity index (χ1n) is 7.52. The molecule has 112 valence electrons. The van der Waals surface area contributed by atoms with E-state index < -0.39 is 10.0 Å². The Hall–Kier alpha value is -0.170. The molecule has 19 heavy (non-hydrogen) atoms. The van der Waals surface area contributed by atoms with Crippen molar-refractivity contribution in [2.75, 3.05) is 51.6 Å². The summed E-state index contributed by atoms with van der Waals surface area (Å²) in [6, 6.07) is 0. The van der Waals surface area contributed by atoms with Crippen LogP contribution in [0.2, 0.25) is 0 Å². The zero-order chi connectivity index (χ0) is 13.7. The number of sulfonamides is 1. The van der Waals surface area contributed by atoms with Crippen LogP contribution >= 0.6 is 0 Å². The van der Waals surface area contributed by atoms with Crippen LogP contribution in [0, 0.1) is 5.92 Å². The molecule has 0 amide bonds. The lowest BCUT2D eigenvalue weighted by molar-refractivity contribution is 0.182. The highest BCUT2D eigenvalue weighted by molar-refractivity contribution is 7.89. The lowest BCUT2D eigenvalue weighted by atomic mass is 10.3. The lowest BCUT2D eigenvalue weighted by Crippen LogP contribution is -2.49. The van der Waals surface area contributed by atoms with Gasteiger partial charge in [-0.15, -0.1) is 0 Å². The fourth-order valence-electron chi connectivity index (χ4n) is 2.54. The number of rotatable bonds is 8. The first kappa shape index (κ1) is 15.2. The van der Waals surface area contributed by atoms with Crippen LogP contribution in [0.15, 0.2) is 0 Å². The zero-order valence-corrected chi connectivity index (χ0v) is 12.8. The number of nitrogens with one attached hydrogen (secondary N) is 1. The quantitative estimate of drug-likeness (QED) is 0.655. The van der Waals surface area contributed by atoms with Crippen molar-refractivity contribution in [3.63, 3.8) is 0 Å². The number of piperazine rings is 1. The van der Waals surface area contributed by atoms with Gasteiger partial charge in [0.2, 0.25) is 10.0 Å². The normalized spacial score (nSPS) is 22.8. The minimum absolute atomic E-state index is 0.280. The largest absolute Gasteiger partial charge is 0.317 e. The molecule has 2 aliphatic rings. The molecule has 6 heteroatoms. The van der Waals surface area contributed by atoms with Crippen molar-refractivity contribution in [3.8, 4) is 0 Å². The van der Waals surface area contributed by atoms with Crippen molar-refractivity contribution in [2.24, 2.45) is 5.92 Å². The SMILES string of the molecule is CCNCCCS(=O)(=O)N1CCN(CC2CC2)CC1. The van der Waals surface area contributed by atoms with Crippen LogP contribution in [0.4, 0.5) is 0 Å². The average molecular weight is 289 g/mol. The standard InChI is InChI=1S/C13H27N3O2S/c1-2-14-6-3-11-19(17,18)16-9-7-15(8-10-16)12-13-4-5-13/h13-14H,2-12H2,1H3. The van der Waals surface area contributed by atoms with Gasteiger partial charge in [-0.1, -0.05) is 6.92 Å². The zero-order valence-electron chi connectivity index (χ0n) is 12.0. The topological polar surface area (TPSA) is 52.7 Å². The smallest absolute Gasteiger partial charge is 0.214 e. The van der Waals surface area contributed by atoms with E-state index in [0.717, 1.165) is 32.1 Å². The van der Waals surface area contributed by atoms with Crippen molar-refractivity contribution in [3.05, 3.63) is 0 Å². The Morgan fingerprint density at radius 3 is 2.42 bits per heavy atom. The molecule has 0 spiro atoms. The van der Waals surface area contributed by atoms with Gasteiger partial charge in [0.15, 0.2) is 0 Å². The second-order valence-corrected chi connectivity index (χ2v) is 7.75. The third-order valence-electron chi connectivity index (χ3n) is 3.94. The highest BCUT2D eigenvalue weighted by Gasteiger charge is 2.29. The van der Waals surface area contributed by atoms with E-state index in [2.05, 4.69) is 10.2 Å². The summed E-state index contributed by atoms with van der Waals surface area (Å²) in [5.74, 6) is 1.17. The first-order chi connectivity index (χ1) is 9.12. The fourth-order valence-corrected chi connectivity index (χ4v) is 4.03. The Morgan fingerprint density at radius 1 is 1.16 bits per heavy atom. The second-order valence-electron chi connectivity index (χ2n) is 5.67. The van der Waals surface area contributed by atoms with Gasteiger partial charge < -0.3 is 10.2 Å². The molecule has 1 aliphatic carbocycles. The molecule has 2 rings (SSSR count). The van der Waals surface area contributed by atoms with Crippen molar-refractivity contribution < 1.29 is 8.42 Å². The predicted octanol–water partition coefficient (Wildman–Crippen LogP) is 0.343. The molecule has 0 aromatic heterocycles. The minimum atomic E-state index is -3.03. The van der Waals surface area contributed by atoms with Gasteiger partial charge in [0.1, 0.15) is 0 Å². The van der Waals surface area contributed by atoms with E-state index in [0.29, 0.717) is 19.5 Å². The summed E-state index contributed by atoms with van der Waals surface area (Å²) in [5, 5.41) is 3.17. The molecule has 0 bridgehead atoms. The van der Waals surface area contributed by atoms with Gasteiger partial charge in [-0.2, -0.15) is 4.31 Å². The molecule has 0 aromatic carbocycles. The van der Waals surface area contributed by atoms with Crippen LogP contribution in [-0.2, 0) is 10.0 Å². The molecule has 0 unspecified atom stereocenters. The molecule has 5 nitrogen and oxygen atoms in total. The van der Waals surface area contributed by atoms with Crippen LogP contribution < -0.4 is 5.32 Å². The maximum Gasteiger partial charge on any atom is 0.214 e. The van der Waals surface area contributed by atoms with Gasteiger partial charge in [0, 0.05) is 32.7 Å². The van der Waals surface area contributed by atoms with E-state index in [-0.39, 0.29) is 5.75 Å². The van der Waals surface area contributed by atoms with E-state index in [1.807, 2.05) is 6.92 Å². The molecule has 0 radical (unpaired) electrons. The fraction of sp³-hybridized carbons (Fsp3) is 1.00. The van der Waals surface area contributed by atoms with Crippen LogP contribution in [0.5, 0.6) is 0 Å². The van der Waals surface area contributed by atoms with Crippen LogP contribution in [0.25, 0.3) is 0 Å².